The zero-order chi connectivity index (χ0) is 23.9. The van der Waals surface area contributed by atoms with Gasteiger partial charge in [0.25, 0.3) is 11.6 Å². The molecule has 0 aliphatic carbocycles. The van der Waals surface area contributed by atoms with Crippen LogP contribution in [0.2, 0.25) is 0 Å². The first-order chi connectivity index (χ1) is 16.5. The van der Waals surface area contributed by atoms with E-state index in [0.29, 0.717) is 16.5 Å². The van der Waals surface area contributed by atoms with Gasteiger partial charge in [-0.1, -0.05) is 41.6 Å². The Morgan fingerprint density at radius 3 is 2.59 bits per heavy atom. The molecule has 2 aromatic heterocycles. The molecule has 0 unspecified atom stereocenters. The third-order valence-corrected chi connectivity index (χ3v) is 5.65. The smallest absolute Gasteiger partial charge is 0.272 e. The average molecular weight is 474 g/mol. The highest BCUT2D eigenvalue weighted by Crippen LogP contribution is 2.27. The number of benzene rings is 2. The second kappa shape index (κ2) is 10.5. The Hall–Kier alpha value is -4.38. The number of hydrogen-bond acceptors (Lipinski definition) is 8. The SMILES string of the molecule is Cc1ccc(-n2c(SCC(=O)N/N=C/c3ccccc3[N+](=O)[O-])nnc2-c2ccncc2)cc1. The van der Waals surface area contributed by atoms with Crippen molar-refractivity contribution in [2.75, 3.05) is 5.75 Å². The Labute approximate surface area is 198 Å². The number of nitro groups is 1. The number of aromatic nitrogens is 4. The lowest BCUT2D eigenvalue weighted by Crippen LogP contribution is -2.20. The maximum atomic E-state index is 12.3. The van der Waals surface area contributed by atoms with Gasteiger partial charge in [-0.05, 0) is 37.3 Å². The number of carbonyl (C=O) groups excluding carboxylic acids is 1. The fourth-order valence-corrected chi connectivity index (χ4v) is 3.82. The van der Waals surface area contributed by atoms with E-state index in [1.165, 1.54) is 24.0 Å². The topological polar surface area (TPSA) is 128 Å². The van der Waals surface area contributed by atoms with Crippen LogP contribution in [0, 0.1) is 17.0 Å². The molecule has 4 rings (SSSR count). The van der Waals surface area contributed by atoms with Crippen LogP contribution in [0.5, 0.6) is 0 Å². The molecule has 1 N–H and O–H groups in total. The van der Waals surface area contributed by atoms with Gasteiger partial charge in [-0.3, -0.25) is 24.5 Å². The monoisotopic (exact) mass is 473 g/mol. The summed E-state index contributed by atoms with van der Waals surface area (Å²) in [6.45, 7) is 2.00. The van der Waals surface area contributed by atoms with Crippen molar-refractivity contribution >= 4 is 29.6 Å². The maximum absolute atomic E-state index is 12.3. The van der Waals surface area contributed by atoms with Gasteiger partial charge in [0.15, 0.2) is 11.0 Å². The van der Waals surface area contributed by atoms with Crippen LogP contribution in [-0.2, 0) is 4.79 Å². The Balaban J connectivity index is 1.50. The van der Waals surface area contributed by atoms with Gasteiger partial charge >= 0.3 is 0 Å². The second-order valence-electron chi connectivity index (χ2n) is 7.11. The van der Waals surface area contributed by atoms with Crippen LogP contribution in [-0.4, -0.2) is 42.5 Å². The molecule has 0 saturated heterocycles. The molecule has 0 spiro atoms. The number of thioether (sulfide) groups is 1. The number of para-hydroxylation sites is 1. The number of pyridine rings is 1. The van der Waals surface area contributed by atoms with Crippen molar-refractivity contribution in [1.29, 1.82) is 0 Å². The van der Waals surface area contributed by atoms with E-state index in [-0.39, 0.29) is 17.3 Å². The molecule has 2 heterocycles. The molecule has 34 heavy (non-hydrogen) atoms. The minimum Gasteiger partial charge on any atom is -0.272 e. The second-order valence-corrected chi connectivity index (χ2v) is 8.05. The van der Waals surface area contributed by atoms with Crippen LogP contribution >= 0.6 is 11.8 Å². The zero-order valence-electron chi connectivity index (χ0n) is 18.0. The summed E-state index contributed by atoms with van der Waals surface area (Å²) in [6.07, 6.45) is 4.61. The molecular weight excluding hydrogens is 454 g/mol. The molecule has 4 aromatic rings. The minimum absolute atomic E-state index is 0.0224. The molecule has 0 saturated carbocycles. The third-order valence-electron chi connectivity index (χ3n) is 4.72. The van der Waals surface area contributed by atoms with Gasteiger partial charge in [-0.2, -0.15) is 5.10 Å². The van der Waals surface area contributed by atoms with Crippen LogP contribution in [0.25, 0.3) is 17.1 Å². The number of hydrogen-bond donors (Lipinski definition) is 1. The standard InChI is InChI=1S/C23H19N7O3S/c1-16-6-8-19(9-7-16)29-22(17-10-12-24-13-11-17)27-28-23(29)34-15-21(31)26-25-14-18-4-2-3-5-20(18)30(32)33/h2-14H,15H2,1H3,(H,26,31)/b25-14+. The van der Waals surface area contributed by atoms with Crippen molar-refractivity contribution in [2.45, 2.75) is 12.1 Å². The number of nitro benzene ring substituents is 1. The van der Waals surface area contributed by atoms with Crippen molar-refractivity contribution in [3.63, 3.8) is 0 Å². The molecule has 0 aliphatic heterocycles. The number of nitrogens with zero attached hydrogens (tertiary/aromatic N) is 6. The molecule has 0 aliphatic rings. The molecule has 10 nitrogen and oxygen atoms in total. The highest BCUT2D eigenvalue weighted by atomic mass is 32.2. The lowest BCUT2D eigenvalue weighted by Gasteiger charge is -2.10. The predicted molar refractivity (Wildman–Crippen MR) is 129 cm³/mol. The van der Waals surface area contributed by atoms with Crippen LogP contribution in [0.4, 0.5) is 5.69 Å². The molecule has 11 heteroatoms. The molecule has 0 fully saturated rings. The number of amides is 1. The first kappa shape index (κ1) is 22.8. The van der Waals surface area contributed by atoms with Crippen molar-refractivity contribution in [3.8, 4) is 17.1 Å². The largest absolute Gasteiger partial charge is 0.278 e. The van der Waals surface area contributed by atoms with Gasteiger partial charge in [0, 0.05) is 29.7 Å². The number of carbonyl (C=O) groups is 1. The van der Waals surface area contributed by atoms with Crippen molar-refractivity contribution < 1.29 is 9.72 Å². The number of hydrazone groups is 1. The van der Waals surface area contributed by atoms with Gasteiger partial charge in [0.05, 0.1) is 22.5 Å². The summed E-state index contributed by atoms with van der Waals surface area (Å²) < 4.78 is 1.88. The summed E-state index contributed by atoms with van der Waals surface area (Å²) in [6, 6.07) is 17.7. The summed E-state index contributed by atoms with van der Waals surface area (Å²) in [5.74, 6) is 0.265. The van der Waals surface area contributed by atoms with Crippen LogP contribution in [0.15, 0.2) is 83.3 Å². The summed E-state index contributed by atoms with van der Waals surface area (Å²) in [5.41, 5.74) is 5.41. The van der Waals surface area contributed by atoms with Gasteiger partial charge in [-0.25, -0.2) is 5.43 Å². The highest BCUT2D eigenvalue weighted by molar-refractivity contribution is 7.99. The van der Waals surface area contributed by atoms with Crippen molar-refractivity contribution in [3.05, 3.63) is 94.3 Å². The summed E-state index contributed by atoms with van der Waals surface area (Å²) in [7, 11) is 0. The van der Waals surface area contributed by atoms with Gasteiger partial charge in [-0.15, -0.1) is 10.2 Å². The first-order valence-corrected chi connectivity index (χ1v) is 11.1. The van der Waals surface area contributed by atoms with Gasteiger partial charge in [0.1, 0.15) is 0 Å². The lowest BCUT2D eigenvalue weighted by atomic mass is 10.2. The molecule has 0 radical (unpaired) electrons. The van der Waals surface area contributed by atoms with E-state index in [1.807, 2.05) is 47.9 Å². The van der Waals surface area contributed by atoms with E-state index in [1.54, 1.807) is 30.6 Å². The fraction of sp³-hybridized carbons (Fsp3) is 0.0870. The van der Waals surface area contributed by atoms with Crippen LogP contribution < -0.4 is 5.43 Å². The van der Waals surface area contributed by atoms with E-state index in [0.717, 1.165) is 16.8 Å². The van der Waals surface area contributed by atoms with Gasteiger partial charge < -0.3 is 0 Å². The quantitative estimate of drug-likeness (QED) is 0.178. The highest BCUT2D eigenvalue weighted by Gasteiger charge is 2.17. The number of nitrogens with one attached hydrogen (secondary N) is 1. The molecule has 1 amide bonds. The summed E-state index contributed by atoms with van der Waals surface area (Å²) in [5, 5.41) is 24.1. The fourth-order valence-electron chi connectivity index (χ4n) is 3.08. The maximum Gasteiger partial charge on any atom is 0.278 e. The van der Waals surface area contributed by atoms with E-state index in [4.69, 9.17) is 0 Å². The van der Waals surface area contributed by atoms with E-state index >= 15 is 0 Å². The summed E-state index contributed by atoms with van der Waals surface area (Å²) >= 11 is 1.20. The number of aryl methyl sites for hydroxylation is 1. The number of rotatable bonds is 8. The minimum atomic E-state index is -0.503. The Morgan fingerprint density at radius 1 is 1.12 bits per heavy atom. The van der Waals surface area contributed by atoms with Crippen molar-refractivity contribution in [1.82, 2.24) is 25.2 Å². The molecule has 0 bridgehead atoms. The molecular formula is C23H19N7O3S. The van der Waals surface area contributed by atoms with Crippen molar-refractivity contribution in [2.24, 2.45) is 5.10 Å². The molecule has 0 atom stereocenters. The lowest BCUT2D eigenvalue weighted by molar-refractivity contribution is -0.385. The normalized spacial score (nSPS) is 11.0. The first-order valence-electron chi connectivity index (χ1n) is 10.1. The van der Waals surface area contributed by atoms with E-state index in [9.17, 15) is 14.9 Å². The predicted octanol–water partition coefficient (Wildman–Crippen LogP) is 3.79. The van der Waals surface area contributed by atoms with Crippen LogP contribution in [0.1, 0.15) is 11.1 Å². The Kier molecular flexibility index (Phi) is 7.04. The Morgan fingerprint density at radius 2 is 1.85 bits per heavy atom. The Bertz CT molecular complexity index is 1340. The third kappa shape index (κ3) is 5.33. The van der Waals surface area contributed by atoms with Crippen LogP contribution in [0.3, 0.4) is 0 Å². The molecule has 2 aromatic carbocycles. The summed E-state index contributed by atoms with van der Waals surface area (Å²) in [4.78, 5) is 27.0. The zero-order valence-corrected chi connectivity index (χ0v) is 18.8. The average Bonchev–Trinajstić information content (AvgIpc) is 3.28. The van der Waals surface area contributed by atoms with Gasteiger partial charge in [0.2, 0.25) is 0 Å². The molecule has 170 valence electrons. The van der Waals surface area contributed by atoms with E-state index < -0.39 is 4.92 Å². The van der Waals surface area contributed by atoms with E-state index in [2.05, 4.69) is 25.7 Å².